The van der Waals surface area contributed by atoms with Gasteiger partial charge in [-0.25, -0.2) is 0 Å². The Bertz CT molecular complexity index is 436. The van der Waals surface area contributed by atoms with Crippen molar-refractivity contribution in [1.29, 1.82) is 0 Å². The molecule has 0 bridgehead atoms. The summed E-state index contributed by atoms with van der Waals surface area (Å²) in [7, 11) is -3.23. The van der Waals surface area contributed by atoms with Gasteiger partial charge in [0.15, 0.2) is 5.78 Å². The summed E-state index contributed by atoms with van der Waals surface area (Å²) < 4.78 is 0. The van der Waals surface area contributed by atoms with E-state index in [2.05, 4.69) is 64.9 Å². The first kappa shape index (κ1) is 17.4. The average molecular weight is 307 g/mol. The van der Waals surface area contributed by atoms with E-state index in [0.717, 1.165) is 23.2 Å². The molecule has 0 N–H and O–H groups in total. The maximum atomic E-state index is 12.9. The lowest BCUT2D eigenvalue weighted by atomic mass is 9.78. The highest BCUT2D eigenvalue weighted by Crippen LogP contribution is 2.41. The smallest absolute Gasteiger partial charge is 0.176 e. The predicted octanol–water partition coefficient (Wildman–Crippen LogP) is 5.15. The fraction of sp³-hybridized carbons (Fsp3) is 0.588. The van der Waals surface area contributed by atoms with Gasteiger partial charge in [0.2, 0.25) is 0 Å². The second-order valence-electron chi connectivity index (χ2n) is 8.02. The molecule has 0 spiro atoms. The van der Waals surface area contributed by atoms with Crippen molar-refractivity contribution in [2.75, 3.05) is 0 Å². The summed E-state index contributed by atoms with van der Waals surface area (Å²) in [6.45, 7) is 19.8. The number of hydrogen-bond donors (Lipinski definition) is 0. The van der Waals surface area contributed by atoms with Gasteiger partial charge in [-0.05, 0) is 23.2 Å². The van der Waals surface area contributed by atoms with Crippen molar-refractivity contribution in [3.8, 4) is 0 Å². The summed E-state index contributed by atoms with van der Waals surface area (Å²) in [6, 6.07) is 0. The van der Waals surface area contributed by atoms with Gasteiger partial charge in [-0.1, -0.05) is 64.4 Å². The number of carbonyl (C=O) groups is 1. The van der Waals surface area contributed by atoms with Crippen LogP contribution in [0.3, 0.4) is 0 Å². The number of hydrogen-bond acceptors (Lipinski definition) is 1. The SMILES string of the molecule is C=CCC1(CC)C=C([Si](C)(C)C)C(=O)C([Si](C)(C)C)=C1. The van der Waals surface area contributed by atoms with Crippen LogP contribution in [0.4, 0.5) is 0 Å². The molecule has 0 fully saturated rings. The molecule has 20 heavy (non-hydrogen) atoms. The van der Waals surface area contributed by atoms with Gasteiger partial charge < -0.3 is 0 Å². The first-order valence-corrected chi connectivity index (χ1v) is 14.6. The molecule has 0 unspecified atom stereocenters. The van der Waals surface area contributed by atoms with Gasteiger partial charge in [0.1, 0.15) is 0 Å². The third-order valence-corrected chi connectivity index (χ3v) is 8.13. The molecule has 0 heterocycles. The molecule has 0 aromatic heterocycles. The van der Waals surface area contributed by atoms with Crippen molar-refractivity contribution in [2.24, 2.45) is 5.41 Å². The molecule has 0 aromatic rings. The quantitative estimate of drug-likeness (QED) is 0.507. The molecule has 112 valence electrons. The van der Waals surface area contributed by atoms with Crippen LogP contribution in [0.15, 0.2) is 35.2 Å². The Morgan fingerprint density at radius 2 is 1.45 bits per heavy atom. The van der Waals surface area contributed by atoms with Crippen LogP contribution >= 0.6 is 0 Å². The van der Waals surface area contributed by atoms with Crippen molar-refractivity contribution >= 4 is 21.9 Å². The molecule has 0 saturated heterocycles. The second kappa shape index (κ2) is 5.60. The Kier molecular flexibility index (Phi) is 4.87. The Labute approximate surface area is 126 Å². The summed E-state index contributed by atoms with van der Waals surface area (Å²) in [5.41, 5.74) is 0.0148. The van der Waals surface area contributed by atoms with E-state index in [0.29, 0.717) is 5.78 Å². The second-order valence-corrected chi connectivity index (χ2v) is 18.1. The Morgan fingerprint density at radius 1 is 1.05 bits per heavy atom. The largest absolute Gasteiger partial charge is 0.290 e. The maximum Gasteiger partial charge on any atom is 0.176 e. The van der Waals surface area contributed by atoms with E-state index < -0.39 is 16.1 Å². The molecule has 0 atom stereocenters. The van der Waals surface area contributed by atoms with Crippen molar-refractivity contribution < 1.29 is 4.79 Å². The number of rotatable bonds is 5. The summed E-state index contributed by atoms with van der Waals surface area (Å²) in [6.07, 6.45) is 8.53. The molecule has 1 rings (SSSR count). The van der Waals surface area contributed by atoms with Crippen molar-refractivity contribution in [3.05, 3.63) is 35.2 Å². The van der Waals surface area contributed by atoms with Crippen LogP contribution in [0.25, 0.3) is 0 Å². The number of ketones is 1. The Balaban J connectivity index is 3.51. The zero-order valence-electron chi connectivity index (χ0n) is 14.3. The van der Waals surface area contributed by atoms with E-state index >= 15 is 0 Å². The lowest BCUT2D eigenvalue weighted by Crippen LogP contribution is -2.41. The van der Waals surface area contributed by atoms with Gasteiger partial charge in [-0.15, -0.1) is 6.58 Å². The van der Waals surface area contributed by atoms with Gasteiger partial charge in [-0.3, -0.25) is 4.79 Å². The van der Waals surface area contributed by atoms with E-state index in [4.69, 9.17) is 0 Å². The predicted molar refractivity (Wildman–Crippen MR) is 95.4 cm³/mol. The van der Waals surface area contributed by atoms with Crippen molar-refractivity contribution in [1.82, 2.24) is 0 Å². The first-order chi connectivity index (χ1) is 8.97. The molecule has 0 amide bonds. The van der Waals surface area contributed by atoms with Crippen LogP contribution in [0.5, 0.6) is 0 Å². The zero-order chi connectivity index (χ0) is 15.8. The lowest BCUT2D eigenvalue weighted by molar-refractivity contribution is -0.111. The molecule has 0 saturated carbocycles. The third kappa shape index (κ3) is 3.50. The van der Waals surface area contributed by atoms with E-state index in [9.17, 15) is 4.79 Å². The van der Waals surface area contributed by atoms with Crippen LogP contribution in [0.1, 0.15) is 19.8 Å². The van der Waals surface area contributed by atoms with Crippen molar-refractivity contribution in [3.63, 3.8) is 0 Å². The van der Waals surface area contributed by atoms with Gasteiger partial charge >= 0.3 is 0 Å². The van der Waals surface area contributed by atoms with Crippen LogP contribution < -0.4 is 0 Å². The fourth-order valence-corrected chi connectivity index (χ4v) is 5.94. The molecular formula is C17H30OSi2. The number of allylic oxidation sites excluding steroid dienone is 5. The van der Waals surface area contributed by atoms with Gasteiger partial charge in [0.05, 0.1) is 16.1 Å². The molecular weight excluding hydrogens is 276 g/mol. The van der Waals surface area contributed by atoms with E-state index in [1.165, 1.54) is 0 Å². The Hall–Kier alpha value is -0.676. The lowest BCUT2D eigenvalue weighted by Gasteiger charge is -2.37. The highest BCUT2D eigenvalue weighted by molar-refractivity contribution is 6.93. The van der Waals surface area contributed by atoms with Crippen LogP contribution in [0.2, 0.25) is 39.3 Å². The minimum atomic E-state index is -1.62. The molecule has 0 aliphatic heterocycles. The monoisotopic (exact) mass is 306 g/mol. The Morgan fingerprint density at radius 3 is 1.70 bits per heavy atom. The summed E-state index contributed by atoms with van der Waals surface area (Å²) in [5.74, 6) is 0.344. The summed E-state index contributed by atoms with van der Waals surface area (Å²) in [5, 5.41) is 2.25. The van der Waals surface area contributed by atoms with Crippen LogP contribution in [0, 0.1) is 5.41 Å². The topological polar surface area (TPSA) is 17.1 Å². The summed E-state index contributed by atoms with van der Waals surface area (Å²) >= 11 is 0. The van der Waals surface area contributed by atoms with E-state index in [1.807, 2.05) is 6.08 Å². The molecule has 1 aliphatic rings. The maximum absolute atomic E-state index is 12.9. The first-order valence-electron chi connectivity index (χ1n) is 7.59. The van der Waals surface area contributed by atoms with Gasteiger partial charge in [-0.2, -0.15) is 0 Å². The van der Waals surface area contributed by atoms with Crippen LogP contribution in [-0.4, -0.2) is 21.9 Å². The molecule has 3 heteroatoms. The fourth-order valence-electron chi connectivity index (χ4n) is 2.74. The average Bonchev–Trinajstić information content (AvgIpc) is 2.29. The molecule has 0 radical (unpaired) electrons. The molecule has 1 nitrogen and oxygen atoms in total. The summed E-state index contributed by atoms with van der Waals surface area (Å²) in [4.78, 5) is 12.9. The van der Waals surface area contributed by atoms with Crippen LogP contribution in [-0.2, 0) is 4.79 Å². The van der Waals surface area contributed by atoms with Gasteiger partial charge in [0.25, 0.3) is 0 Å². The standard InChI is InChI=1S/C17H30OSi2/c1-9-11-17(10-2)12-14(19(3,4)5)16(18)15(13-17)20(6,7)8/h9,12-13H,1,10-11H2,2-8H3. The molecule has 0 aromatic carbocycles. The zero-order valence-corrected chi connectivity index (χ0v) is 16.3. The van der Waals surface area contributed by atoms with E-state index in [-0.39, 0.29) is 5.41 Å². The number of Topliss-reactive ketones (excluding diaryl/α,β-unsaturated/α-hetero) is 1. The minimum Gasteiger partial charge on any atom is -0.290 e. The van der Waals surface area contributed by atoms with Gasteiger partial charge in [0, 0.05) is 5.41 Å². The highest BCUT2D eigenvalue weighted by atomic mass is 28.3. The highest BCUT2D eigenvalue weighted by Gasteiger charge is 2.40. The van der Waals surface area contributed by atoms with Crippen molar-refractivity contribution in [2.45, 2.75) is 59.0 Å². The third-order valence-electron chi connectivity index (χ3n) is 4.15. The molecule has 1 aliphatic carbocycles. The normalized spacial score (nSPS) is 19.4. The van der Waals surface area contributed by atoms with E-state index in [1.54, 1.807) is 0 Å². The minimum absolute atomic E-state index is 0.0148. The number of carbonyl (C=O) groups excluding carboxylic acids is 1.